The van der Waals surface area contributed by atoms with E-state index in [1.54, 1.807) is 48.5 Å². The van der Waals surface area contributed by atoms with Gasteiger partial charge in [0, 0.05) is 30.1 Å². The SMILES string of the molecule is C[C@@H](N)c1ccccc1.O=C(O)C[C@]1(c2ccc(Oc3ccc(Cl)cc3)cc2)CCN(C(=O)OCC2c3ccccc3-c3ccccc32)CCS1(=O)=O. The molecule has 1 aliphatic carbocycles. The number of carboxylic acid groups (broad SMARTS) is 1. The number of nitrogens with zero attached hydrogens (tertiary/aromatic N) is 1. The molecule has 5 aromatic rings. The van der Waals surface area contributed by atoms with Crippen molar-refractivity contribution in [3.05, 3.63) is 155 Å². The maximum Gasteiger partial charge on any atom is 0.409 e. The van der Waals surface area contributed by atoms with E-state index in [2.05, 4.69) is 0 Å². The van der Waals surface area contributed by atoms with E-state index in [1.807, 2.05) is 85.8 Å². The van der Waals surface area contributed by atoms with Crippen molar-refractivity contribution >= 4 is 33.5 Å². The summed E-state index contributed by atoms with van der Waals surface area (Å²) in [5.41, 5.74) is 11.5. The van der Waals surface area contributed by atoms with Crippen molar-refractivity contribution in [3.63, 3.8) is 0 Å². The molecule has 53 heavy (non-hydrogen) atoms. The Bertz CT molecular complexity index is 2120. The molecule has 7 rings (SSSR count). The Morgan fingerprint density at radius 2 is 1.38 bits per heavy atom. The second kappa shape index (κ2) is 16.2. The molecule has 5 aromatic carbocycles. The largest absolute Gasteiger partial charge is 0.481 e. The van der Waals surface area contributed by atoms with Crippen LogP contribution in [0.1, 0.15) is 54.0 Å². The smallest absolute Gasteiger partial charge is 0.409 e. The molecular weight excluding hydrogens is 712 g/mol. The molecule has 1 fully saturated rings. The Morgan fingerprint density at radius 3 is 1.92 bits per heavy atom. The number of fused-ring (bicyclic) bond motifs is 3. The van der Waals surface area contributed by atoms with Gasteiger partial charge in [0.2, 0.25) is 0 Å². The van der Waals surface area contributed by atoms with Crippen LogP contribution in [-0.4, -0.2) is 55.9 Å². The molecule has 0 saturated carbocycles. The number of ether oxygens (including phenoxy) is 2. The minimum atomic E-state index is -4.01. The van der Waals surface area contributed by atoms with E-state index in [1.165, 1.54) is 10.5 Å². The Labute approximate surface area is 314 Å². The number of amides is 1. The van der Waals surface area contributed by atoms with Gasteiger partial charge in [-0.1, -0.05) is 103 Å². The number of carbonyl (C=O) groups is 2. The molecule has 9 nitrogen and oxygen atoms in total. The van der Waals surface area contributed by atoms with E-state index < -0.39 is 38.8 Å². The zero-order valence-electron chi connectivity index (χ0n) is 29.2. The van der Waals surface area contributed by atoms with Gasteiger partial charge in [-0.15, -0.1) is 0 Å². The number of benzene rings is 5. The van der Waals surface area contributed by atoms with Gasteiger partial charge < -0.3 is 25.2 Å². The molecular formula is C42H41ClN2O7S. The predicted molar refractivity (Wildman–Crippen MR) is 206 cm³/mol. The minimum Gasteiger partial charge on any atom is -0.481 e. The van der Waals surface area contributed by atoms with Crippen LogP contribution in [0.5, 0.6) is 11.5 Å². The topological polar surface area (TPSA) is 136 Å². The Hall–Kier alpha value is -5.16. The lowest BCUT2D eigenvalue weighted by Gasteiger charge is -2.31. The zero-order chi connectivity index (χ0) is 37.6. The number of carbonyl (C=O) groups excluding carboxylic acids is 1. The molecule has 1 aliphatic heterocycles. The van der Waals surface area contributed by atoms with E-state index in [-0.39, 0.29) is 38.1 Å². The highest BCUT2D eigenvalue weighted by molar-refractivity contribution is 7.92. The monoisotopic (exact) mass is 752 g/mol. The molecule has 0 spiro atoms. The van der Waals surface area contributed by atoms with E-state index >= 15 is 0 Å². The van der Waals surface area contributed by atoms with E-state index in [9.17, 15) is 23.1 Å². The third-order valence-corrected chi connectivity index (χ3v) is 12.5. The molecule has 1 saturated heterocycles. The first-order valence-electron chi connectivity index (χ1n) is 17.4. The van der Waals surface area contributed by atoms with Crippen LogP contribution < -0.4 is 10.5 Å². The number of halogens is 1. The summed E-state index contributed by atoms with van der Waals surface area (Å²) in [6, 6.07) is 39.4. The first-order chi connectivity index (χ1) is 25.5. The summed E-state index contributed by atoms with van der Waals surface area (Å²) in [6.45, 7) is 2.01. The lowest BCUT2D eigenvalue weighted by atomic mass is 9.91. The normalized spacial score (nSPS) is 18.0. The second-order valence-corrected chi connectivity index (χ2v) is 16.1. The summed E-state index contributed by atoms with van der Waals surface area (Å²) >= 11 is 5.94. The van der Waals surface area contributed by atoms with Gasteiger partial charge in [-0.25, -0.2) is 13.2 Å². The molecule has 2 atom stereocenters. The minimum absolute atomic E-state index is 0.0200. The van der Waals surface area contributed by atoms with Crippen LogP contribution in [0.25, 0.3) is 11.1 Å². The first-order valence-corrected chi connectivity index (χ1v) is 19.4. The Balaban J connectivity index is 0.000000468. The highest BCUT2D eigenvalue weighted by Crippen LogP contribution is 2.45. The number of rotatable bonds is 8. The molecule has 0 bridgehead atoms. The molecule has 0 unspecified atom stereocenters. The number of nitrogens with two attached hydrogens (primary N) is 1. The standard InChI is InChI=1S/C34H30ClNO7S.C8H11N/c35-24-11-15-26(16-12-24)43-25-13-9-23(10-14-25)34(21-32(37)38)17-18-36(19-20-44(34,40)41)33(39)42-22-31-29-7-3-1-5-27(29)28-6-2-4-8-30(28)31;1-7(9)8-5-3-2-4-6-8/h1-16,31H,17-22H2,(H,37,38);2-7H,9H2,1H3/t34-;7-/m01/s1. The van der Waals surface area contributed by atoms with Gasteiger partial charge in [0.15, 0.2) is 9.84 Å². The quantitative estimate of drug-likeness (QED) is 0.161. The first kappa shape index (κ1) is 37.6. The van der Waals surface area contributed by atoms with Crippen LogP contribution >= 0.6 is 11.6 Å². The van der Waals surface area contributed by atoms with Crippen LogP contribution in [0.2, 0.25) is 5.02 Å². The summed E-state index contributed by atoms with van der Waals surface area (Å²) in [6.07, 6.45) is -1.35. The van der Waals surface area contributed by atoms with Crippen molar-refractivity contribution in [2.45, 2.75) is 36.5 Å². The average molecular weight is 753 g/mol. The third kappa shape index (κ3) is 8.41. The molecule has 1 heterocycles. The van der Waals surface area contributed by atoms with Crippen molar-refractivity contribution in [1.82, 2.24) is 4.90 Å². The summed E-state index contributed by atoms with van der Waals surface area (Å²) < 4.78 is 37.5. The molecule has 3 N–H and O–H groups in total. The molecule has 0 radical (unpaired) electrons. The van der Waals surface area contributed by atoms with Gasteiger partial charge >= 0.3 is 12.1 Å². The number of aliphatic carboxylic acids is 1. The van der Waals surface area contributed by atoms with Crippen molar-refractivity contribution in [2.24, 2.45) is 5.73 Å². The zero-order valence-corrected chi connectivity index (χ0v) is 30.8. The summed E-state index contributed by atoms with van der Waals surface area (Å²) in [5, 5.41) is 10.4. The number of hydrogen-bond acceptors (Lipinski definition) is 7. The van der Waals surface area contributed by atoms with E-state index in [0.717, 1.165) is 22.3 Å². The Morgan fingerprint density at radius 1 is 0.830 bits per heavy atom. The Kier molecular flexibility index (Phi) is 11.5. The molecule has 11 heteroatoms. The second-order valence-electron chi connectivity index (χ2n) is 13.2. The molecule has 2 aliphatic rings. The van der Waals surface area contributed by atoms with Crippen LogP contribution in [0.15, 0.2) is 127 Å². The lowest BCUT2D eigenvalue weighted by Crippen LogP contribution is -2.39. The van der Waals surface area contributed by atoms with Gasteiger partial charge in [0.25, 0.3) is 0 Å². The van der Waals surface area contributed by atoms with Crippen molar-refractivity contribution in [2.75, 3.05) is 25.4 Å². The number of hydrogen-bond donors (Lipinski definition) is 2. The maximum atomic E-state index is 13.8. The van der Waals surface area contributed by atoms with Gasteiger partial charge in [-0.2, -0.15) is 0 Å². The van der Waals surface area contributed by atoms with Gasteiger partial charge in [-0.3, -0.25) is 4.79 Å². The fraction of sp³-hybridized carbons (Fsp3) is 0.238. The summed E-state index contributed by atoms with van der Waals surface area (Å²) in [4.78, 5) is 26.7. The van der Waals surface area contributed by atoms with Crippen LogP contribution in [0.3, 0.4) is 0 Å². The van der Waals surface area contributed by atoms with Crippen LogP contribution in [0, 0.1) is 0 Å². The van der Waals surface area contributed by atoms with E-state index in [0.29, 0.717) is 22.1 Å². The summed E-state index contributed by atoms with van der Waals surface area (Å²) in [7, 11) is -4.01. The fourth-order valence-electron chi connectivity index (χ4n) is 6.97. The fourth-order valence-corrected chi connectivity index (χ4v) is 9.19. The predicted octanol–water partition coefficient (Wildman–Crippen LogP) is 8.58. The highest BCUT2D eigenvalue weighted by Gasteiger charge is 2.49. The number of carboxylic acids is 1. The van der Waals surface area contributed by atoms with Crippen molar-refractivity contribution < 1.29 is 32.6 Å². The van der Waals surface area contributed by atoms with Gasteiger partial charge in [0.05, 0.1) is 12.2 Å². The van der Waals surface area contributed by atoms with Gasteiger partial charge in [0.1, 0.15) is 22.9 Å². The average Bonchev–Trinajstić information content (AvgIpc) is 3.41. The number of sulfone groups is 1. The van der Waals surface area contributed by atoms with Gasteiger partial charge in [-0.05, 0) is 83.1 Å². The van der Waals surface area contributed by atoms with Crippen molar-refractivity contribution in [1.29, 1.82) is 0 Å². The summed E-state index contributed by atoms with van der Waals surface area (Å²) in [5.74, 6) is -0.782. The molecule has 274 valence electrons. The lowest BCUT2D eigenvalue weighted by molar-refractivity contribution is -0.137. The maximum absolute atomic E-state index is 13.8. The third-order valence-electron chi connectivity index (χ3n) is 9.80. The molecule has 1 amide bonds. The van der Waals surface area contributed by atoms with E-state index in [4.69, 9.17) is 26.8 Å². The molecule has 0 aromatic heterocycles. The highest BCUT2D eigenvalue weighted by atomic mass is 35.5. The van der Waals surface area contributed by atoms with Crippen LogP contribution in [-0.2, 0) is 24.1 Å². The van der Waals surface area contributed by atoms with Crippen molar-refractivity contribution in [3.8, 4) is 22.6 Å². The van der Waals surface area contributed by atoms with Crippen LogP contribution in [0.4, 0.5) is 4.79 Å².